The van der Waals surface area contributed by atoms with Gasteiger partial charge in [0.1, 0.15) is 12.1 Å². The number of ether oxygens (including phenoxy) is 1. The number of hydrogen-bond acceptors (Lipinski definition) is 7. The predicted molar refractivity (Wildman–Crippen MR) is 131 cm³/mol. The lowest BCUT2D eigenvalue weighted by Gasteiger charge is -2.59. The van der Waals surface area contributed by atoms with E-state index in [9.17, 15) is 24.6 Å². The minimum absolute atomic E-state index is 0.0209. The van der Waals surface area contributed by atoms with Gasteiger partial charge in [-0.05, 0) is 68.1 Å². The fraction of sp³-hybridized carbons (Fsp3) is 0.679. The van der Waals surface area contributed by atoms with Gasteiger partial charge in [0.15, 0.2) is 11.4 Å². The average molecular weight is 486 g/mol. The normalized spacial score (nSPS) is 40.5. The second-order valence-electron chi connectivity index (χ2n) is 11.5. The van der Waals surface area contributed by atoms with Gasteiger partial charge in [0.2, 0.25) is 5.78 Å². The molecule has 3 saturated carbocycles. The molecule has 0 spiro atoms. The molecule has 0 unspecified atom stereocenters. The largest absolute Gasteiger partial charge is 0.444 e. The Labute approximate surface area is 207 Å². The van der Waals surface area contributed by atoms with E-state index < -0.39 is 46.4 Å². The second kappa shape index (κ2) is 8.49. The van der Waals surface area contributed by atoms with Gasteiger partial charge in [-0.15, -0.1) is 0 Å². The number of Topliss-reactive ketones (excluding diaryl/α,β-unsaturated/α-hetero) is 1. The van der Waals surface area contributed by atoms with Crippen molar-refractivity contribution in [1.29, 1.82) is 0 Å². The first-order valence-electron chi connectivity index (χ1n) is 12.8. The van der Waals surface area contributed by atoms with Crippen molar-refractivity contribution in [1.82, 2.24) is 0 Å². The molecule has 7 heteroatoms. The highest BCUT2D eigenvalue weighted by Crippen LogP contribution is 2.69. The molecule has 35 heavy (non-hydrogen) atoms. The third-order valence-electron chi connectivity index (χ3n) is 10.1. The molecular formula is C28H39NO6. The molecule has 0 aromatic carbocycles. The van der Waals surface area contributed by atoms with Crippen LogP contribution in [-0.2, 0) is 19.1 Å². The fourth-order valence-corrected chi connectivity index (χ4v) is 7.92. The Morgan fingerprint density at radius 1 is 1.29 bits per heavy atom. The van der Waals surface area contributed by atoms with Crippen LogP contribution < -0.4 is 5.73 Å². The van der Waals surface area contributed by atoms with Crippen LogP contribution in [0.4, 0.5) is 0 Å². The number of aliphatic hydroxyl groups excluding tert-OH is 2. The molecule has 4 N–H and O–H groups in total. The smallest absolute Gasteiger partial charge is 0.327 e. The van der Waals surface area contributed by atoms with Gasteiger partial charge in [-0.1, -0.05) is 45.9 Å². The van der Waals surface area contributed by atoms with Crippen LogP contribution in [0.2, 0.25) is 0 Å². The van der Waals surface area contributed by atoms with Gasteiger partial charge in [-0.3, -0.25) is 14.4 Å². The van der Waals surface area contributed by atoms with Crippen LogP contribution in [0.3, 0.4) is 0 Å². The highest BCUT2D eigenvalue weighted by molar-refractivity contribution is 6.01. The Hall–Kier alpha value is -2.09. The molecule has 3 fully saturated rings. The minimum Gasteiger partial charge on any atom is -0.444 e. The lowest BCUT2D eigenvalue weighted by Crippen LogP contribution is -2.64. The molecule has 7 atom stereocenters. The third kappa shape index (κ3) is 3.38. The van der Waals surface area contributed by atoms with Gasteiger partial charge in [-0.2, -0.15) is 0 Å². The molecule has 0 saturated heterocycles. The topological polar surface area (TPSA) is 127 Å². The number of allylic oxidation sites excluding steroid dienone is 4. The summed E-state index contributed by atoms with van der Waals surface area (Å²) in [4.78, 5) is 38.9. The van der Waals surface area contributed by atoms with E-state index in [1.54, 1.807) is 26.0 Å². The van der Waals surface area contributed by atoms with E-state index in [-0.39, 0.29) is 30.0 Å². The second-order valence-corrected chi connectivity index (χ2v) is 11.5. The molecule has 0 bridgehead atoms. The number of aliphatic hydroxyl groups is 2. The molecule has 0 radical (unpaired) electrons. The molecule has 0 aromatic heterocycles. The summed E-state index contributed by atoms with van der Waals surface area (Å²) in [5, 5.41) is 21.6. The first kappa shape index (κ1) is 26.0. The van der Waals surface area contributed by atoms with Crippen molar-refractivity contribution in [2.45, 2.75) is 83.5 Å². The maximum absolute atomic E-state index is 13.5. The zero-order chi connectivity index (χ0) is 26.0. The number of hydrogen-bond donors (Lipinski definition) is 3. The fourth-order valence-electron chi connectivity index (χ4n) is 7.92. The summed E-state index contributed by atoms with van der Waals surface area (Å²) in [7, 11) is 0. The third-order valence-corrected chi connectivity index (χ3v) is 10.1. The molecule has 4 aliphatic carbocycles. The summed E-state index contributed by atoms with van der Waals surface area (Å²) < 4.78 is 6.10. The van der Waals surface area contributed by atoms with Gasteiger partial charge in [0.25, 0.3) is 0 Å². The van der Waals surface area contributed by atoms with Crippen molar-refractivity contribution in [2.75, 3.05) is 6.61 Å². The average Bonchev–Trinajstić information content (AvgIpc) is 3.04. The SMILES string of the molecule is C=C1C[C@H]2[C@@H]3CCC4=CC(=O)C=C[C@]4(C)[C@H]3[C@@H](O)C[C@]2(C)[C@@]1(OC(=O)C(N)(CC)CC)C(=O)CO. The lowest BCUT2D eigenvalue weighted by molar-refractivity contribution is -0.198. The molecule has 0 amide bonds. The first-order chi connectivity index (χ1) is 16.3. The van der Waals surface area contributed by atoms with E-state index in [1.165, 1.54) is 0 Å². The van der Waals surface area contributed by atoms with Crippen LogP contribution >= 0.6 is 0 Å². The molecule has 0 heterocycles. The quantitative estimate of drug-likeness (QED) is 0.390. The van der Waals surface area contributed by atoms with Crippen LogP contribution in [-0.4, -0.2) is 51.6 Å². The van der Waals surface area contributed by atoms with Crippen molar-refractivity contribution >= 4 is 17.5 Å². The van der Waals surface area contributed by atoms with Gasteiger partial charge >= 0.3 is 5.97 Å². The summed E-state index contributed by atoms with van der Waals surface area (Å²) >= 11 is 0. The lowest BCUT2D eigenvalue weighted by atomic mass is 9.46. The summed E-state index contributed by atoms with van der Waals surface area (Å²) in [5.74, 6) is -1.55. The Bertz CT molecular complexity index is 1020. The van der Waals surface area contributed by atoms with Crippen molar-refractivity contribution < 1.29 is 29.3 Å². The van der Waals surface area contributed by atoms with Crippen LogP contribution in [0, 0.1) is 28.6 Å². The van der Waals surface area contributed by atoms with Crippen molar-refractivity contribution in [3.05, 3.63) is 36.0 Å². The molecular weight excluding hydrogens is 446 g/mol. The van der Waals surface area contributed by atoms with E-state index in [0.717, 1.165) is 18.4 Å². The molecule has 0 aromatic rings. The maximum atomic E-state index is 13.5. The molecule has 4 rings (SSSR count). The van der Waals surface area contributed by atoms with E-state index in [2.05, 4.69) is 13.5 Å². The number of rotatable bonds is 6. The first-order valence-corrected chi connectivity index (χ1v) is 12.8. The molecule has 192 valence electrons. The summed E-state index contributed by atoms with van der Waals surface area (Å²) in [6.45, 7) is 11.0. The summed E-state index contributed by atoms with van der Waals surface area (Å²) in [5.41, 5.74) is 3.42. The summed E-state index contributed by atoms with van der Waals surface area (Å²) in [6, 6.07) is 0. The zero-order valence-electron chi connectivity index (χ0n) is 21.3. The number of carbonyl (C=O) groups excluding carboxylic acids is 3. The van der Waals surface area contributed by atoms with Gasteiger partial charge in [-0.25, -0.2) is 0 Å². The van der Waals surface area contributed by atoms with Crippen molar-refractivity contribution in [3.8, 4) is 0 Å². The Balaban J connectivity index is 1.80. The Kier molecular flexibility index (Phi) is 6.31. The van der Waals surface area contributed by atoms with E-state index in [1.807, 2.05) is 13.0 Å². The maximum Gasteiger partial charge on any atom is 0.327 e. The Morgan fingerprint density at radius 2 is 1.94 bits per heavy atom. The van der Waals surface area contributed by atoms with Crippen LogP contribution in [0.5, 0.6) is 0 Å². The molecule has 0 aliphatic heterocycles. The van der Waals surface area contributed by atoms with Crippen LogP contribution in [0.1, 0.15) is 66.2 Å². The van der Waals surface area contributed by atoms with Crippen LogP contribution in [0.15, 0.2) is 36.0 Å². The van der Waals surface area contributed by atoms with Gasteiger partial charge in [0, 0.05) is 16.7 Å². The molecule has 7 nitrogen and oxygen atoms in total. The number of carbonyl (C=O) groups is 3. The van der Waals surface area contributed by atoms with E-state index in [0.29, 0.717) is 24.8 Å². The Morgan fingerprint density at radius 3 is 2.54 bits per heavy atom. The van der Waals surface area contributed by atoms with E-state index >= 15 is 0 Å². The summed E-state index contributed by atoms with van der Waals surface area (Å²) in [6.07, 6.45) is 7.21. The van der Waals surface area contributed by atoms with E-state index in [4.69, 9.17) is 10.5 Å². The minimum atomic E-state index is -1.75. The predicted octanol–water partition coefficient (Wildman–Crippen LogP) is 2.79. The van der Waals surface area contributed by atoms with Gasteiger partial charge < -0.3 is 20.7 Å². The number of esters is 1. The van der Waals surface area contributed by atoms with Crippen molar-refractivity contribution in [2.24, 2.45) is 34.3 Å². The zero-order valence-corrected chi connectivity index (χ0v) is 21.3. The van der Waals surface area contributed by atoms with Crippen LogP contribution in [0.25, 0.3) is 0 Å². The number of nitrogens with two attached hydrogens (primary N) is 1. The standard InChI is InChI=1S/C28H39NO6/c1-6-27(29,7-2)24(34)35-28(22(33)15-30)16(3)12-20-19-9-8-17-13-18(31)10-11-25(17,4)23(19)21(32)14-26(20,28)5/h10-11,13,19-21,23,30,32H,3,6-9,12,14-15,29H2,1-2,4-5H3/t19-,20-,21-,23+,25-,26-,28-/m0/s1. The molecule has 4 aliphatic rings. The monoisotopic (exact) mass is 485 g/mol. The number of ketones is 2. The van der Waals surface area contributed by atoms with Crippen molar-refractivity contribution in [3.63, 3.8) is 0 Å². The highest BCUT2D eigenvalue weighted by atomic mass is 16.6. The van der Waals surface area contributed by atoms with Gasteiger partial charge in [0.05, 0.1) is 6.10 Å². The highest BCUT2D eigenvalue weighted by Gasteiger charge is 2.72. The number of fused-ring (bicyclic) bond motifs is 5.